The van der Waals surface area contributed by atoms with Crippen LogP contribution in [-0.2, 0) is 16.0 Å². The molecule has 0 fully saturated rings. The number of amides is 1. The number of aryl methyl sites for hydroxylation is 1. The van der Waals surface area contributed by atoms with E-state index in [4.69, 9.17) is 19.3 Å². The number of aliphatic carboxylic acids is 1. The van der Waals surface area contributed by atoms with Crippen molar-refractivity contribution in [3.63, 3.8) is 0 Å². The zero-order valence-corrected chi connectivity index (χ0v) is 20.3. The Kier molecular flexibility index (Phi) is 8.51. The summed E-state index contributed by atoms with van der Waals surface area (Å²) in [4.78, 5) is 25.2. The first-order valence-corrected chi connectivity index (χ1v) is 11.0. The summed E-state index contributed by atoms with van der Waals surface area (Å²) >= 11 is 0. The lowest BCUT2D eigenvalue weighted by atomic mass is 10.0. The molecule has 7 nitrogen and oxygen atoms in total. The van der Waals surface area contributed by atoms with Crippen molar-refractivity contribution in [1.29, 1.82) is 0 Å². The normalized spacial score (nSPS) is 11.0. The van der Waals surface area contributed by atoms with Gasteiger partial charge in [0.2, 0.25) is 0 Å². The molecule has 0 aliphatic rings. The van der Waals surface area contributed by atoms with Gasteiger partial charge in [0.1, 0.15) is 23.0 Å². The number of hydrogen-bond acceptors (Lipinski definition) is 5. The lowest BCUT2D eigenvalue weighted by Gasteiger charge is -2.16. The Hall–Kier alpha value is -4.26. The molecule has 3 rings (SSSR count). The Balaban J connectivity index is 1.82. The maximum atomic E-state index is 13.0. The average Bonchev–Trinajstić information content (AvgIpc) is 2.86. The van der Waals surface area contributed by atoms with E-state index in [-0.39, 0.29) is 12.3 Å². The van der Waals surface area contributed by atoms with E-state index >= 15 is 0 Å². The van der Waals surface area contributed by atoms with Crippen LogP contribution in [0.25, 0.3) is 11.6 Å². The van der Waals surface area contributed by atoms with Crippen LogP contribution in [-0.4, -0.2) is 50.2 Å². The molecule has 0 bridgehead atoms. The summed E-state index contributed by atoms with van der Waals surface area (Å²) in [5.41, 5.74) is 2.95. The summed E-state index contributed by atoms with van der Waals surface area (Å²) in [7, 11) is 6.55. The van der Waals surface area contributed by atoms with Gasteiger partial charge in [0.05, 0.1) is 14.2 Å². The predicted molar refractivity (Wildman–Crippen MR) is 135 cm³/mol. The van der Waals surface area contributed by atoms with Gasteiger partial charge >= 0.3 is 5.97 Å². The van der Waals surface area contributed by atoms with Crippen LogP contribution in [0.15, 0.2) is 66.7 Å². The van der Waals surface area contributed by atoms with Gasteiger partial charge in [-0.2, -0.15) is 0 Å². The fraction of sp³-hybridized carbons (Fsp3) is 0.214. The van der Waals surface area contributed by atoms with Crippen molar-refractivity contribution in [2.24, 2.45) is 0 Å². The van der Waals surface area contributed by atoms with Crippen LogP contribution in [0.1, 0.15) is 23.1 Å². The number of nitrogens with zero attached hydrogens (tertiary/aromatic N) is 1. The molecular formula is C28H29NO6. The van der Waals surface area contributed by atoms with E-state index in [0.29, 0.717) is 40.6 Å². The highest BCUT2D eigenvalue weighted by Gasteiger charge is 2.16. The predicted octanol–water partition coefficient (Wildman–Crippen LogP) is 5.14. The Morgan fingerprint density at radius 2 is 1.37 bits per heavy atom. The van der Waals surface area contributed by atoms with E-state index in [9.17, 15) is 9.59 Å². The average molecular weight is 476 g/mol. The van der Waals surface area contributed by atoms with Crippen molar-refractivity contribution in [2.75, 3.05) is 28.3 Å². The van der Waals surface area contributed by atoms with Crippen molar-refractivity contribution < 1.29 is 28.9 Å². The number of carbonyl (C=O) groups is 2. The lowest BCUT2D eigenvalue weighted by Crippen LogP contribution is -2.22. The highest BCUT2D eigenvalue weighted by molar-refractivity contribution is 6.24. The number of benzene rings is 3. The Morgan fingerprint density at radius 1 is 0.829 bits per heavy atom. The zero-order chi connectivity index (χ0) is 25.4. The summed E-state index contributed by atoms with van der Waals surface area (Å²) in [5, 5.41) is 8.81. The van der Waals surface area contributed by atoms with Crippen LogP contribution >= 0.6 is 0 Å². The van der Waals surface area contributed by atoms with E-state index in [1.165, 1.54) is 4.90 Å². The van der Waals surface area contributed by atoms with Crippen molar-refractivity contribution in [3.05, 3.63) is 83.4 Å². The molecular weight excluding hydrogens is 446 g/mol. The van der Waals surface area contributed by atoms with E-state index < -0.39 is 5.97 Å². The van der Waals surface area contributed by atoms with Crippen LogP contribution in [0.2, 0.25) is 0 Å². The van der Waals surface area contributed by atoms with Crippen molar-refractivity contribution in [2.45, 2.75) is 12.8 Å². The minimum Gasteiger partial charge on any atom is -0.497 e. The monoisotopic (exact) mass is 475 g/mol. The molecule has 0 unspecified atom stereocenters. The van der Waals surface area contributed by atoms with Crippen LogP contribution < -0.4 is 14.2 Å². The largest absolute Gasteiger partial charge is 0.497 e. The summed E-state index contributed by atoms with van der Waals surface area (Å²) in [6, 6.07) is 20.1. The molecule has 0 saturated heterocycles. The van der Waals surface area contributed by atoms with E-state index in [2.05, 4.69) is 0 Å². The van der Waals surface area contributed by atoms with E-state index in [1.54, 1.807) is 46.5 Å². The molecule has 0 aliphatic carbocycles. The maximum Gasteiger partial charge on any atom is 0.303 e. The number of methoxy groups -OCH3 is 2. The highest BCUT2D eigenvalue weighted by Crippen LogP contribution is 2.30. The molecule has 3 aromatic rings. The van der Waals surface area contributed by atoms with Crippen LogP contribution in [0.4, 0.5) is 0 Å². The fourth-order valence-electron chi connectivity index (χ4n) is 3.38. The molecule has 1 N–H and O–H groups in total. The van der Waals surface area contributed by atoms with Crippen LogP contribution in [0, 0.1) is 0 Å². The SMILES string of the molecule is COc1cc(OC)cc(C(=Cc2ccc(Oc3ccc(CCC(=O)O)cc3)cc2)C(=O)N(C)C)c1. The van der Waals surface area contributed by atoms with Gasteiger partial charge in [-0.15, -0.1) is 0 Å². The van der Waals surface area contributed by atoms with Gasteiger partial charge in [0, 0.05) is 32.2 Å². The number of hydrogen-bond donors (Lipinski definition) is 1. The van der Waals surface area contributed by atoms with Crippen molar-refractivity contribution in [3.8, 4) is 23.0 Å². The molecule has 0 saturated carbocycles. The Labute approximate surface area is 205 Å². The summed E-state index contributed by atoms with van der Waals surface area (Å²) in [5.74, 6) is 1.51. The topological polar surface area (TPSA) is 85.3 Å². The zero-order valence-electron chi connectivity index (χ0n) is 20.3. The van der Waals surface area contributed by atoms with Gasteiger partial charge in [-0.3, -0.25) is 9.59 Å². The quantitative estimate of drug-likeness (QED) is 0.323. The minimum atomic E-state index is -0.819. The second kappa shape index (κ2) is 11.7. The number of carboxylic acids is 1. The second-order valence-corrected chi connectivity index (χ2v) is 8.07. The number of likely N-dealkylation sites (N-methyl/N-ethyl adjacent to an activating group) is 1. The molecule has 0 aromatic heterocycles. The lowest BCUT2D eigenvalue weighted by molar-refractivity contribution is -0.137. The standard InChI is InChI=1S/C28H29NO6/c1-29(2)28(32)26(21-16-24(33-3)18-25(17-21)34-4)15-20-7-12-23(13-8-20)35-22-10-5-19(6-11-22)9-14-27(30)31/h5-8,10-13,15-18H,9,14H2,1-4H3,(H,30,31). The number of ether oxygens (including phenoxy) is 3. The molecule has 3 aromatic carbocycles. The summed E-state index contributed by atoms with van der Waals surface area (Å²) in [6.45, 7) is 0. The van der Waals surface area contributed by atoms with Gasteiger partial charge in [0.15, 0.2) is 0 Å². The van der Waals surface area contributed by atoms with Gasteiger partial charge < -0.3 is 24.2 Å². The smallest absolute Gasteiger partial charge is 0.303 e. The fourth-order valence-corrected chi connectivity index (χ4v) is 3.38. The molecule has 0 atom stereocenters. The third-order valence-electron chi connectivity index (χ3n) is 5.28. The second-order valence-electron chi connectivity index (χ2n) is 8.07. The summed E-state index contributed by atoms with van der Waals surface area (Å²) in [6.07, 6.45) is 2.39. The summed E-state index contributed by atoms with van der Waals surface area (Å²) < 4.78 is 16.6. The molecule has 0 aliphatic heterocycles. The van der Waals surface area contributed by atoms with E-state index in [0.717, 1.165) is 11.1 Å². The van der Waals surface area contributed by atoms with E-state index in [1.807, 2.05) is 54.6 Å². The third-order valence-corrected chi connectivity index (χ3v) is 5.28. The first kappa shape index (κ1) is 25.4. The Morgan fingerprint density at radius 3 is 1.86 bits per heavy atom. The number of carboxylic acid groups (broad SMARTS) is 1. The molecule has 7 heteroatoms. The first-order chi connectivity index (χ1) is 16.8. The van der Waals surface area contributed by atoms with Gasteiger partial charge in [-0.05, 0) is 65.6 Å². The minimum absolute atomic E-state index is 0.0933. The van der Waals surface area contributed by atoms with Gasteiger partial charge in [-0.25, -0.2) is 0 Å². The van der Waals surface area contributed by atoms with Crippen molar-refractivity contribution in [1.82, 2.24) is 4.90 Å². The van der Waals surface area contributed by atoms with Crippen molar-refractivity contribution >= 4 is 23.5 Å². The first-order valence-electron chi connectivity index (χ1n) is 11.0. The maximum absolute atomic E-state index is 13.0. The molecule has 1 amide bonds. The molecule has 0 heterocycles. The molecule has 35 heavy (non-hydrogen) atoms. The number of carbonyl (C=O) groups excluding carboxylic acids is 1. The van der Waals surface area contributed by atoms with Gasteiger partial charge in [-0.1, -0.05) is 24.3 Å². The number of rotatable bonds is 10. The highest BCUT2D eigenvalue weighted by atomic mass is 16.5. The van der Waals surface area contributed by atoms with Crippen LogP contribution in [0.5, 0.6) is 23.0 Å². The van der Waals surface area contributed by atoms with Crippen LogP contribution in [0.3, 0.4) is 0 Å². The Bertz CT molecular complexity index is 1170. The molecule has 0 spiro atoms. The third kappa shape index (κ3) is 7.11. The van der Waals surface area contributed by atoms with Gasteiger partial charge in [0.25, 0.3) is 5.91 Å². The molecule has 182 valence electrons. The molecule has 0 radical (unpaired) electrons.